The first-order valence-corrected chi connectivity index (χ1v) is 8.66. The van der Waals surface area contributed by atoms with Crippen molar-refractivity contribution in [2.45, 2.75) is 5.92 Å². The first-order chi connectivity index (χ1) is 13.1. The van der Waals surface area contributed by atoms with Crippen molar-refractivity contribution in [2.75, 3.05) is 0 Å². The van der Waals surface area contributed by atoms with E-state index in [1.165, 1.54) is 0 Å². The predicted octanol–water partition coefficient (Wildman–Crippen LogP) is 3.95. The number of hydrogen-bond acceptors (Lipinski definition) is 1. The molecule has 1 atom stereocenters. The maximum absolute atomic E-state index is 12.5. The third kappa shape index (κ3) is 4.70. The van der Waals surface area contributed by atoms with Crippen LogP contribution in [-0.4, -0.2) is 11.9 Å². The summed E-state index contributed by atoms with van der Waals surface area (Å²) in [5.41, 5.74) is 14.9. The fraction of sp³-hybridized carbons (Fsp3) is 0.0435. The van der Waals surface area contributed by atoms with Crippen LogP contribution in [-0.2, 0) is 4.79 Å². The van der Waals surface area contributed by atoms with Crippen molar-refractivity contribution in [1.29, 1.82) is 0 Å². The number of benzene rings is 3. The molecule has 0 radical (unpaired) electrons. The summed E-state index contributed by atoms with van der Waals surface area (Å²) >= 11 is 0. The number of nitrogens with zero attached hydrogens (tertiary/aromatic N) is 1. The highest BCUT2D eigenvalue weighted by Gasteiger charge is 2.17. The number of aliphatic imine (C=N–C) groups is 1. The van der Waals surface area contributed by atoms with Gasteiger partial charge in [-0.1, -0.05) is 97.1 Å². The Kier molecular flexibility index (Phi) is 5.80. The largest absolute Gasteiger partial charge is 0.370 e. The van der Waals surface area contributed by atoms with E-state index in [2.05, 4.69) is 23.2 Å². The van der Waals surface area contributed by atoms with Crippen LogP contribution in [0.5, 0.6) is 0 Å². The van der Waals surface area contributed by atoms with Gasteiger partial charge in [-0.3, -0.25) is 4.79 Å². The predicted molar refractivity (Wildman–Crippen MR) is 111 cm³/mol. The molecule has 0 spiro atoms. The number of carbonyl (C=O) groups is 1. The van der Waals surface area contributed by atoms with Gasteiger partial charge in [-0.25, -0.2) is 0 Å². The fourth-order valence-electron chi connectivity index (χ4n) is 2.92. The van der Waals surface area contributed by atoms with Gasteiger partial charge in [0.1, 0.15) is 0 Å². The highest BCUT2D eigenvalue weighted by atomic mass is 16.1. The Morgan fingerprint density at radius 2 is 1.41 bits per heavy atom. The molecule has 0 aromatic heterocycles. The molecule has 0 saturated heterocycles. The lowest BCUT2D eigenvalue weighted by molar-refractivity contribution is -0.118. The van der Waals surface area contributed by atoms with Gasteiger partial charge in [-0.15, -0.1) is 0 Å². The topological polar surface area (TPSA) is 81.5 Å². The van der Waals surface area contributed by atoms with Crippen LogP contribution in [0.25, 0.3) is 17.2 Å². The van der Waals surface area contributed by atoms with Crippen LogP contribution in [0.3, 0.4) is 0 Å². The van der Waals surface area contributed by atoms with Crippen molar-refractivity contribution in [2.24, 2.45) is 16.5 Å². The zero-order valence-electron chi connectivity index (χ0n) is 14.8. The smallest absolute Gasteiger partial charge is 0.260 e. The first kappa shape index (κ1) is 18.1. The molecule has 0 bridgehead atoms. The van der Waals surface area contributed by atoms with Crippen LogP contribution >= 0.6 is 0 Å². The van der Waals surface area contributed by atoms with Gasteiger partial charge in [0.2, 0.25) is 0 Å². The third-order valence-corrected chi connectivity index (χ3v) is 4.18. The summed E-state index contributed by atoms with van der Waals surface area (Å²) in [7, 11) is 0. The summed E-state index contributed by atoms with van der Waals surface area (Å²) in [5, 5.41) is 0. The zero-order valence-corrected chi connectivity index (χ0v) is 14.8. The van der Waals surface area contributed by atoms with Crippen LogP contribution in [0.1, 0.15) is 17.0 Å². The molecule has 3 aromatic carbocycles. The molecule has 1 unspecified atom stereocenters. The summed E-state index contributed by atoms with van der Waals surface area (Å²) < 4.78 is 0. The average molecular weight is 355 g/mol. The van der Waals surface area contributed by atoms with E-state index in [-0.39, 0.29) is 5.96 Å². The van der Waals surface area contributed by atoms with Crippen molar-refractivity contribution in [1.82, 2.24) is 0 Å². The second-order valence-electron chi connectivity index (χ2n) is 6.08. The van der Waals surface area contributed by atoms with Crippen molar-refractivity contribution >= 4 is 17.9 Å². The molecule has 4 N–H and O–H groups in total. The Hall–Kier alpha value is -3.66. The number of guanidine groups is 1. The molecule has 0 aliphatic heterocycles. The lowest BCUT2D eigenvalue weighted by atomic mass is 9.94. The average Bonchev–Trinajstić information content (AvgIpc) is 2.69. The summed E-state index contributed by atoms with van der Waals surface area (Å²) in [6.07, 6.45) is 3.78. The molecule has 4 nitrogen and oxygen atoms in total. The van der Waals surface area contributed by atoms with Gasteiger partial charge in [0, 0.05) is 0 Å². The number of rotatable bonds is 5. The SMILES string of the molecule is NC(N)=NC(=O)C(/C=C/c1ccccc1-c1ccccc1)c1ccccc1. The Labute approximate surface area is 158 Å². The van der Waals surface area contributed by atoms with E-state index in [0.717, 1.165) is 22.3 Å². The van der Waals surface area contributed by atoms with Gasteiger partial charge >= 0.3 is 0 Å². The molecule has 0 fully saturated rings. The van der Waals surface area contributed by atoms with Crippen LogP contribution in [0, 0.1) is 0 Å². The fourth-order valence-corrected chi connectivity index (χ4v) is 2.92. The molecule has 0 aliphatic carbocycles. The summed E-state index contributed by atoms with van der Waals surface area (Å²) in [6, 6.07) is 27.6. The van der Waals surface area contributed by atoms with Crippen molar-refractivity contribution in [3.8, 4) is 11.1 Å². The second kappa shape index (κ2) is 8.63. The van der Waals surface area contributed by atoms with E-state index in [1.54, 1.807) is 0 Å². The lowest BCUT2D eigenvalue weighted by Crippen LogP contribution is -2.25. The summed E-state index contributed by atoms with van der Waals surface area (Å²) in [5.74, 6) is -1.19. The van der Waals surface area contributed by atoms with Crippen LogP contribution in [0.4, 0.5) is 0 Å². The molecule has 4 heteroatoms. The highest BCUT2D eigenvalue weighted by Crippen LogP contribution is 2.26. The van der Waals surface area contributed by atoms with E-state index < -0.39 is 11.8 Å². The molecule has 3 rings (SSSR count). The van der Waals surface area contributed by atoms with E-state index in [4.69, 9.17) is 11.5 Å². The minimum absolute atomic E-state index is 0.237. The first-order valence-electron chi connectivity index (χ1n) is 8.66. The molecule has 0 aliphatic rings. The van der Waals surface area contributed by atoms with Crippen LogP contribution in [0.15, 0.2) is 96.0 Å². The Morgan fingerprint density at radius 3 is 2.07 bits per heavy atom. The number of hydrogen-bond donors (Lipinski definition) is 2. The van der Waals surface area contributed by atoms with E-state index >= 15 is 0 Å². The van der Waals surface area contributed by atoms with Crippen molar-refractivity contribution in [3.05, 3.63) is 102 Å². The third-order valence-electron chi connectivity index (χ3n) is 4.18. The zero-order chi connectivity index (χ0) is 19.1. The maximum Gasteiger partial charge on any atom is 0.260 e. The van der Waals surface area contributed by atoms with Gasteiger partial charge in [0.25, 0.3) is 5.91 Å². The molecule has 1 amide bonds. The highest BCUT2D eigenvalue weighted by molar-refractivity contribution is 5.96. The molecule has 134 valence electrons. The molecular weight excluding hydrogens is 334 g/mol. The molecule has 3 aromatic rings. The van der Waals surface area contributed by atoms with Gasteiger partial charge in [-0.05, 0) is 22.3 Å². The number of carbonyl (C=O) groups excluding carboxylic acids is 1. The van der Waals surface area contributed by atoms with Gasteiger partial charge in [-0.2, -0.15) is 4.99 Å². The van der Waals surface area contributed by atoms with Crippen molar-refractivity contribution < 1.29 is 4.79 Å². The van der Waals surface area contributed by atoms with Crippen molar-refractivity contribution in [3.63, 3.8) is 0 Å². The van der Waals surface area contributed by atoms with E-state index in [1.807, 2.05) is 78.9 Å². The Bertz CT molecular complexity index is 959. The number of nitrogens with two attached hydrogens (primary N) is 2. The normalized spacial score (nSPS) is 11.9. The summed E-state index contributed by atoms with van der Waals surface area (Å²) in [4.78, 5) is 16.3. The standard InChI is InChI=1S/C23H21N3O/c24-23(25)26-22(27)21(18-11-5-2-6-12-18)16-15-19-13-7-8-14-20(19)17-9-3-1-4-10-17/h1-16,21H,(H4,24,25,26,27)/b16-15+. The second-order valence-corrected chi connectivity index (χ2v) is 6.08. The van der Waals surface area contributed by atoms with Crippen LogP contribution in [0.2, 0.25) is 0 Å². The van der Waals surface area contributed by atoms with Crippen LogP contribution < -0.4 is 11.5 Å². The molecule has 0 heterocycles. The molecular formula is C23H21N3O. The van der Waals surface area contributed by atoms with E-state index in [9.17, 15) is 4.79 Å². The lowest BCUT2D eigenvalue weighted by Gasteiger charge is -2.11. The van der Waals surface area contributed by atoms with E-state index in [0.29, 0.717) is 0 Å². The Balaban J connectivity index is 1.99. The monoisotopic (exact) mass is 355 g/mol. The van der Waals surface area contributed by atoms with Gasteiger partial charge in [0.05, 0.1) is 5.92 Å². The quantitative estimate of drug-likeness (QED) is 0.537. The summed E-state index contributed by atoms with van der Waals surface area (Å²) in [6.45, 7) is 0. The molecule has 0 saturated carbocycles. The minimum atomic E-state index is -0.558. The Morgan fingerprint density at radius 1 is 0.815 bits per heavy atom. The van der Waals surface area contributed by atoms with Gasteiger partial charge < -0.3 is 11.5 Å². The van der Waals surface area contributed by atoms with Gasteiger partial charge in [0.15, 0.2) is 5.96 Å². The number of amides is 1. The molecule has 27 heavy (non-hydrogen) atoms. The minimum Gasteiger partial charge on any atom is -0.370 e. The maximum atomic E-state index is 12.5.